The van der Waals surface area contributed by atoms with Crippen LogP contribution in [0.5, 0.6) is 0 Å². The van der Waals surface area contributed by atoms with Crippen molar-refractivity contribution in [3.63, 3.8) is 0 Å². The molecule has 0 aliphatic carbocycles. The van der Waals surface area contributed by atoms with Gasteiger partial charge in [0.15, 0.2) is 5.82 Å². The standard InChI is InChI=1S/C28H23N5/c1-2-9-20-16-22(18-29-17-20)27-32-25-14-8-13-24(21-10-4-3-5-11-21)26(25)28(33-27)31-19-23-12-6-7-15-30-23/h2-8,10-18H,1,9,19H2,(H,31,32,33). The molecule has 0 unspecified atom stereocenters. The highest BCUT2D eigenvalue weighted by Crippen LogP contribution is 2.34. The molecule has 5 aromatic rings. The van der Waals surface area contributed by atoms with Gasteiger partial charge in [-0.2, -0.15) is 0 Å². The molecule has 0 spiro atoms. The van der Waals surface area contributed by atoms with E-state index in [0.717, 1.165) is 51.1 Å². The van der Waals surface area contributed by atoms with Crippen LogP contribution in [0.3, 0.4) is 0 Å². The maximum absolute atomic E-state index is 4.96. The lowest BCUT2D eigenvalue weighted by molar-refractivity contribution is 1.03. The van der Waals surface area contributed by atoms with E-state index in [1.165, 1.54) is 0 Å². The zero-order valence-electron chi connectivity index (χ0n) is 18.1. The van der Waals surface area contributed by atoms with Crippen LogP contribution in [0.1, 0.15) is 11.3 Å². The maximum atomic E-state index is 4.96. The SMILES string of the molecule is C=CCc1cncc(-c2nc(NCc3ccccn3)c3c(-c4ccccc4)cccc3n2)c1. The van der Waals surface area contributed by atoms with Gasteiger partial charge in [0.1, 0.15) is 5.82 Å². The third-order valence-electron chi connectivity index (χ3n) is 5.40. The first-order valence-corrected chi connectivity index (χ1v) is 10.9. The normalized spacial score (nSPS) is 10.8. The third-order valence-corrected chi connectivity index (χ3v) is 5.40. The highest BCUT2D eigenvalue weighted by Gasteiger charge is 2.15. The van der Waals surface area contributed by atoms with Crippen molar-refractivity contribution < 1.29 is 0 Å². The Hall–Kier alpha value is -4.38. The molecule has 0 amide bonds. The predicted octanol–water partition coefficient (Wildman–Crippen LogP) is 6.09. The molecule has 3 aromatic heterocycles. The molecule has 5 nitrogen and oxygen atoms in total. The zero-order chi connectivity index (χ0) is 22.5. The molecule has 0 atom stereocenters. The van der Waals surface area contributed by atoms with Gasteiger partial charge in [-0.25, -0.2) is 9.97 Å². The first-order chi connectivity index (χ1) is 16.3. The zero-order valence-corrected chi connectivity index (χ0v) is 18.1. The minimum absolute atomic E-state index is 0.560. The molecule has 5 rings (SSSR count). The molecule has 3 heterocycles. The number of rotatable bonds is 7. The molecule has 2 aromatic carbocycles. The fraction of sp³-hybridized carbons (Fsp3) is 0.0714. The molecule has 0 aliphatic rings. The number of nitrogens with zero attached hydrogens (tertiary/aromatic N) is 4. The Balaban J connectivity index is 1.66. The van der Waals surface area contributed by atoms with Crippen LogP contribution >= 0.6 is 0 Å². The second-order valence-electron chi connectivity index (χ2n) is 7.71. The van der Waals surface area contributed by atoms with Gasteiger partial charge in [-0.1, -0.05) is 54.6 Å². The van der Waals surface area contributed by atoms with Crippen LogP contribution < -0.4 is 5.32 Å². The van der Waals surface area contributed by atoms with Crippen LogP contribution in [0.4, 0.5) is 5.82 Å². The number of hydrogen-bond acceptors (Lipinski definition) is 5. The molecule has 33 heavy (non-hydrogen) atoms. The number of benzene rings is 2. The quantitative estimate of drug-likeness (QED) is 0.317. The fourth-order valence-electron chi connectivity index (χ4n) is 3.86. The summed E-state index contributed by atoms with van der Waals surface area (Å²) < 4.78 is 0. The number of allylic oxidation sites excluding steroid dienone is 1. The Labute approximate surface area is 192 Å². The molecule has 0 fully saturated rings. The van der Waals surface area contributed by atoms with Crippen molar-refractivity contribution in [3.05, 3.63) is 115 Å². The molecular formula is C28H23N5. The van der Waals surface area contributed by atoms with Crippen LogP contribution in [0.2, 0.25) is 0 Å². The summed E-state index contributed by atoms with van der Waals surface area (Å²) in [5.41, 5.74) is 5.97. The lowest BCUT2D eigenvalue weighted by atomic mass is 10.0. The van der Waals surface area contributed by atoms with E-state index in [-0.39, 0.29) is 0 Å². The van der Waals surface area contributed by atoms with Crippen LogP contribution in [0.25, 0.3) is 33.4 Å². The van der Waals surface area contributed by atoms with E-state index in [1.807, 2.05) is 60.8 Å². The molecule has 0 saturated heterocycles. The summed E-state index contributed by atoms with van der Waals surface area (Å²) in [6, 6.07) is 24.5. The van der Waals surface area contributed by atoms with Crippen molar-refractivity contribution in [2.24, 2.45) is 0 Å². The summed E-state index contributed by atoms with van der Waals surface area (Å²) in [6.07, 6.45) is 8.06. The van der Waals surface area contributed by atoms with E-state index in [4.69, 9.17) is 9.97 Å². The maximum Gasteiger partial charge on any atom is 0.163 e. The second-order valence-corrected chi connectivity index (χ2v) is 7.71. The van der Waals surface area contributed by atoms with Crippen molar-refractivity contribution in [2.45, 2.75) is 13.0 Å². The average Bonchev–Trinajstić information content (AvgIpc) is 2.88. The van der Waals surface area contributed by atoms with E-state index in [9.17, 15) is 0 Å². The molecular weight excluding hydrogens is 406 g/mol. The summed E-state index contributed by atoms with van der Waals surface area (Å²) in [5.74, 6) is 1.41. The number of fused-ring (bicyclic) bond motifs is 1. The molecule has 5 heteroatoms. The van der Waals surface area contributed by atoms with Crippen molar-refractivity contribution in [2.75, 3.05) is 5.32 Å². The minimum atomic E-state index is 0.560. The van der Waals surface area contributed by atoms with Crippen LogP contribution in [0.15, 0.2) is 104 Å². The van der Waals surface area contributed by atoms with Gasteiger partial charge in [-0.3, -0.25) is 9.97 Å². The third kappa shape index (κ3) is 4.48. The van der Waals surface area contributed by atoms with Gasteiger partial charge < -0.3 is 5.32 Å². The predicted molar refractivity (Wildman–Crippen MR) is 134 cm³/mol. The first-order valence-electron chi connectivity index (χ1n) is 10.9. The molecule has 1 N–H and O–H groups in total. The van der Waals surface area contributed by atoms with Crippen LogP contribution in [0, 0.1) is 0 Å². The van der Waals surface area contributed by atoms with Gasteiger partial charge in [-0.05, 0) is 47.4 Å². The van der Waals surface area contributed by atoms with Crippen molar-refractivity contribution >= 4 is 16.7 Å². The summed E-state index contributed by atoms with van der Waals surface area (Å²) in [4.78, 5) is 18.7. The van der Waals surface area contributed by atoms with Gasteiger partial charge in [0.05, 0.1) is 23.1 Å². The van der Waals surface area contributed by atoms with E-state index >= 15 is 0 Å². The highest BCUT2D eigenvalue weighted by molar-refractivity contribution is 6.02. The lowest BCUT2D eigenvalue weighted by Gasteiger charge is -2.14. The Morgan fingerprint density at radius 2 is 1.73 bits per heavy atom. The topological polar surface area (TPSA) is 63.6 Å². The van der Waals surface area contributed by atoms with Gasteiger partial charge in [0, 0.05) is 24.2 Å². The summed E-state index contributed by atoms with van der Waals surface area (Å²) in [5, 5.41) is 4.50. The van der Waals surface area contributed by atoms with Gasteiger partial charge in [-0.15, -0.1) is 6.58 Å². The molecule has 0 aliphatic heterocycles. The average molecular weight is 430 g/mol. The second kappa shape index (κ2) is 9.40. The summed E-state index contributed by atoms with van der Waals surface area (Å²) >= 11 is 0. The lowest BCUT2D eigenvalue weighted by Crippen LogP contribution is -2.06. The number of nitrogens with one attached hydrogen (secondary N) is 1. The number of anilines is 1. The van der Waals surface area contributed by atoms with Gasteiger partial charge in [0.25, 0.3) is 0 Å². The Bertz CT molecular complexity index is 1400. The number of hydrogen-bond donors (Lipinski definition) is 1. The van der Waals surface area contributed by atoms with Crippen molar-refractivity contribution in [1.82, 2.24) is 19.9 Å². The number of pyridine rings is 2. The van der Waals surface area contributed by atoms with E-state index in [1.54, 1.807) is 12.4 Å². The van der Waals surface area contributed by atoms with Crippen molar-refractivity contribution in [3.8, 4) is 22.5 Å². The fourth-order valence-corrected chi connectivity index (χ4v) is 3.86. The van der Waals surface area contributed by atoms with Crippen LogP contribution in [-0.2, 0) is 13.0 Å². The first kappa shape index (κ1) is 20.5. The van der Waals surface area contributed by atoms with Crippen LogP contribution in [-0.4, -0.2) is 19.9 Å². The molecule has 0 bridgehead atoms. The summed E-state index contributed by atoms with van der Waals surface area (Å²) in [6.45, 7) is 4.39. The van der Waals surface area contributed by atoms with E-state index < -0.39 is 0 Å². The van der Waals surface area contributed by atoms with E-state index in [2.05, 4.69) is 46.1 Å². The Morgan fingerprint density at radius 3 is 2.55 bits per heavy atom. The van der Waals surface area contributed by atoms with Gasteiger partial charge >= 0.3 is 0 Å². The molecule has 160 valence electrons. The highest BCUT2D eigenvalue weighted by atomic mass is 15.0. The molecule has 0 saturated carbocycles. The van der Waals surface area contributed by atoms with Gasteiger partial charge in [0.2, 0.25) is 0 Å². The van der Waals surface area contributed by atoms with Crippen molar-refractivity contribution in [1.29, 1.82) is 0 Å². The molecule has 0 radical (unpaired) electrons. The Morgan fingerprint density at radius 1 is 0.848 bits per heavy atom. The largest absolute Gasteiger partial charge is 0.364 e. The van der Waals surface area contributed by atoms with E-state index in [0.29, 0.717) is 12.4 Å². The monoisotopic (exact) mass is 429 g/mol. The smallest absolute Gasteiger partial charge is 0.163 e. The summed E-state index contributed by atoms with van der Waals surface area (Å²) in [7, 11) is 0. The minimum Gasteiger partial charge on any atom is -0.364 e. The Kier molecular flexibility index (Phi) is 5.85. The number of aromatic nitrogens is 4.